The summed E-state index contributed by atoms with van der Waals surface area (Å²) < 4.78 is 10.1. The molecule has 0 amide bonds. The summed E-state index contributed by atoms with van der Waals surface area (Å²) in [6.45, 7) is 2.20. The molecule has 0 bridgehead atoms. The van der Waals surface area contributed by atoms with Gasteiger partial charge in [-0.25, -0.2) is 4.79 Å². The third-order valence-corrected chi connectivity index (χ3v) is 3.04. The van der Waals surface area contributed by atoms with E-state index in [0.29, 0.717) is 12.2 Å². The van der Waals surface area contributed by atoms with E-state index in [0.717, 1.165) is 24.8 Å². The minimum atomic E-state index is -0.285. The molecule has 0 radical (unpaired) electrons. The lowest BCUT2D eigenvalue weighted by atomic mass is 9.94. The number of allylic oxidation sites excluding steroid dienone is 2. The molecule has 17 heavy (non-hydrogen) atoms. The molecule has 0 spiro atoms. The molecule has 0 atom stereocenters. The molecule has 0 saturated carbocycles. The molecular weight excluding hydrogens is 216 g/mol. The lowest BCUT2D eigenvalue weighted by Gasteiger charge is -2.12. The molecule has 1 aliphatic rings. The van der Waals surface area contributed by atoms with E-state index < -0.39 is 0 Å². The van der Waals surface area contributed by atoms with Crippen molar-refractivity contribution in [2.75, 3.05) is 6.61 Å². The van der Waals surface area contributed by atoms with Crippen molar-refractivity contribution < 1.29 is 13.9 Å². The normalized spacial score (nSPS) is 15.5. The van der Waals surface area contributed by atoms with Gasteiger partial charge in [0.1, 0.15) is 11.8 Å². The van der Waals surface area contributed by atoms with E-state index >= 15 is 0 Å². The lowest BCUT2D eigenvalue weighted by molar-refractivity contribution is 0.0524. The van der Waals surface area contributed by atoms with Crippen LogP contribution in [0.15, 0.2) is 28.6 Å². The third kappa shape index (κ3) is 2.99. The summed E-state index contributed by atoms with van der Waals surface area (Å²) in [5.74, 6) is -0.285. The molecule has 0 fully saturated rings. The fraction of sp³-hybridized carbons (Fsp3) is 0.500. The average Bonchev–Trinajstić information content (AvgIpc) is 2.79. The van der Waals surface area contributed by atoms with Crippen molar-refractivity contribution in [3.8, 4) is 0 Å². The molecule has 1 aromatic heterocycles. The molecular formula is C14H18O3. The molecule has 92 valence electrons. The predicted molar refractivity (Wildman–Crippen MR) is 64.9 cm³/mol. The quantitative estimate of drug-likeness (QED) is 0.591. The number of rotatable bonds is 4. The van der Waals surface area contributed by atoms with E-state index in [1.807, 2.05) is 0 Å². The molecule has 0 unspecified atom stereocenters. The zero-order valence-electron chi connectivity index (χ0n) is 10.2. The van der Waals surface area contributed by atoms with Gasteiger partial charge in [-0.15, -0.1) is 0 Å². The molecule has 0 aliphatic heterocycles. The second-order valence-corrected chi connectivity index (χ2v) is 4.32. The van der Waals surface area contributed by atoms with Crippen LogP contribution in [0.25, 0.3) is 0 Å². The van der Waals surface area contributed by atoms with Crippen molar-refractivity contribution in [3.05, 3.63) is 35.3 Å². The van der Waals surface area contributed by atoms with Gasteiger partial charge in [0.05, 0.1) is 12.9 Å². The van der Waals surface area contributed by atoms with Crippen LogP contribution in [0.3, 0.4) is 0 Å². The zero-order chi connectivity index (χ0) is 12.1. The Morgan fingerprint density at radius 3 is 3.00 bits per heavy atom. The number of carbonyl (C=O) groups excluding carboxylic acids is 1. The van der Waals surface area contributed by atoms with E-state index in [4.69, 9.17) is 9.15 Å². The van der Waals surface area contributed by atoms with Crippen molar-refractivity contribution in [2.45, 2.75) is 39.0 Å². The van der Waals surface area contributed by atoms with Gasteiger partial charge in [0.2, 0.25) is 0 Å². The van der Waals surface area contributed by atoms with Crippen molar-refractivity contribution >= 4 is 5.97 Å². The van der Waals surface area contributed by atoms with Gasteiger partial charge in [0.15, 0.2) is 0 Å². The highest BCUT2D eigenvalue weighted by molar-refractivity contribution is 5.90. The van der Waals surface area contributed by atoms with Gasteiger partial charge in [-0.3, -0.25) is 0 Å². The summed E-state index contributed by atoms with van der Waals surface area (Å²) in [6, 6.07) is 0. The van der Waals surface area contributed by atoms with Crippen LogP contribution in [0, 0.1) is 0 Å². The van der Waals surface area contributed by atoms with Gasteiger partial charge in [0, 0.05) is 5.56 Å². The van der Waals surface area contributed by atoms with Crippen LogP contribution >= 0.6 is 0 Å². The topological polar surface area (TPSA) is 39.4 Å². The Morgan fingerprint density at radius 2 is 2.29 bits per heavy atom. The van der Waals surface area contributed by atoms with Crippen LogP contribution in [-0.2, 0) is 11.2 Å². The summed E-state index contributed by atoms with van der Waals surface area (Å²) in [6.07, 6.45) is 11.0. The number of carbonyl (C=O) groups is 1. The van der Waals surface area contributed by atoms with Crippen molar-refractivity contribution in [3.63, 3.8) is 0 Å². The molecule has 3 heteroatoms. The number of furan rings is 1. The highest BCUT2D eigenvalue weighted by Crippen LogP contribution is 2.23. The van der Waals surface area contributed by atoms with E-state index in [2.05, 4.69) is 6.08 Å². The second kappa shape index (κ2) is 5.71. The second-order valence-electron chi connectivity index (χ2n) is 4.32. The first-order valence-corrected chi connectivity index (χ1v) is 6.21. The summed E-state index contributed by atoms with van der Waals surface area (Å²) in [4.78, 5) is 11.7. The smallest absolute Gasteiger partial charge is 0.341 e. The van der Waals surface area contributed by atoms with Gasteiger partial charge >= 0.3 is 5.97 Å². The van der Waals surface area contributed by atoms with Gasteiger partial charge in [0.25, 0.3) is 0 Å². The maximum atomic E-state index is 11.7. The fourth-order valence-corrected chi connectivity index (χ4v) is 2.16. The number of hydrogen-bond donors (Lipinski definition) is 0. The largest absolute Gasteiger partial charge is 0.471 e. The van der Waals surface area contributed by atoms with Gasteiger partial charge in [-0.1, -0.05) is 11.6 Å². The van der Waals surface area contributed by atoms with Gasteiger partial charge in [-0.05, 0) is 39.0 Å². The highest BCUT2D eigenvalue weighted by atomic mass is 16.5. The Kier molecular flexibility index (Phi) is 4.02. The first kappa shape index (κ1) is 12.0. The predicted octanol–water partition coefficient (Wildman–Crippen LogP) is 3.50. The van der Waals surface area contributed by atoms with Crippen LogP contribution in [-0.4, -0.2) is 12.6 Å². The maximum Gasteiger partial charge on any atom is 0.341 e. The van der Waals surface area contributed by atoms with Crippen molar-refractivity contribution in [2.24, 2.45) is 0 Å². The SMILES string of the molecule is CCOC(=O)c1cocc1CC1=CCCCC1. The Balaban J connectivity index is 2.08. The molecule has 0 aromatic carbocycles. The van der Waals surface area contributed by atoms with E-state index in [9.17, 15) is 4.79 Å². The van der Waals surface area contributed by atoms with Gasteiger partial charge in [-0.2, -0.15) is 0 Å². The number of esters is 1. The molecule has 1 heterocycles. The van der Waals surface area contributed by atoms with Crippen LogP contribution in [0.5, 0.6) is 0 Å². The molecule has 1 aromatic rings. The zero-order valence-corrected chi connectivity index (χ0v) is 10.2. The minimum Gasteiger partial charge on any atom is -0.471 e. The summed E-state index contributed by atoms with van der Waals surface area (Å²) in [7, 11) is 0. The average molecular weight is 234 g/mol. The standard InChI is InChI=1S/C14H18O3/c1-2-17-14(15)13-10-16-9-12(13)8-11-6-4-3-5-7-11/h6,9-10H,2-5,7-8H2,1H3. The molecule has 2 rings (SSSR count). The molecule has 0 saturated heterocycles. The number of hydrogen-bond acceptors (Lipinski definition) is 3. The van der Waals surface area contributed by atoms with E-state index in [1.54, 1.807) is 13.2 Å². The van der Waals surface area contributed by atoms with Crippen LogP contribution in [0.1, 0.15) is 48.5 Å². The maximum absolute atomic E-state index is 11.7. The Labute approximate surface area is 101 Å². The third-order valence-electron chi connectivity index (χ3n) is 3.04. The lowest BCUT2D eigenvalue weighted by Crippen LogP contribution is -2.07. The van der Waals surface area contributed by atoms with Crippen LogP contribution in [0.4, 0.5) is 0 Å². The monoisotopic (exact) mass is 234 g/mol. The summed E-state index contributed by atoms with van der Waals surface area (Å²) in [5.41, 5.74) is 2.91. The first-order valence-electron chi connectivity index (χ1n) is 6.21. The van der Waals surface area contributed by atoms with E-state index in [1.165, 1.54) is 24.7 Å². The molecule has 1 aliphatic carbocycles. The molecule has 0 N–H and O–H groups in total. The molecule has 3 nitrogen and oxygen atoms in total. The summed E-state index contributed by atoms with van der Waals surface area (Å²) in [5, 5.41) is 0. The van der Waals surface area contributed by atoms with Crippen molar-refractivity contribution in [1.29, 1.82) is 0 Å². The van der Waals surface area contributed by atoms with Crippen LogP contribution in [0.2, 0.25) is 0 Å². The first-order chi connectivity index (χ1) is 8.31. The van der Waals surface area contributed by atoms with Crippen molar-refractivity contribution in [1.82, 2.24) is 0 Å². The Morgan fingerprint density at radius 1 is 1.41 bits per heavy atom. The van der Waals surface area contributed by atoms with Gasteiger partial charge < -0.3 is 9.15 Å². The van der Waals surface area contributed by atoms with E-state index in [-0.39, 0.29) is 5.97 Å². The fourth-order valence-electron chi connectivity index (χ4n) is 2.16. The summed E-state index contributed by atoms with van der Waals surface area (Å²) >= 11 is 0. The Hall–Kier alpha value is -1.51. The number of ether oxygens (including phenoxy) is 1. The highest BCUT2D eigenvalue weighted by Gasteiger charge is 2.16. The minimum absolute atomic E-state index is 0.285. The Bertz CT molecular complexity index is 415. The van der Waals surface area contributed by atoms with Crippen LogP contribution < -0.4 is 0 Å².